The minimum Gasteiger partial charge on any atom is -0.497 e. The maximum absolute atomic E-state index is 12.8. The first-order valence-electron chi connectivity index (χ1n) is 11.3. The number of ether oxygens (including phenoxy) is 1. The summed E-state index contributed by atoms with van der Waals surface area (Å²) in [5, 5.41) is 11.2. The van der Waals surface area contributed by atoms with Gasteiger partial charge in [0, 0.05) is 19.0 Å². The number of methoxy groups -OCH3 is 1. The van der Waals surface area contributed by atoms with Crippen molar-refractivity contribution in [1.29, 1.82) is 0 Å². The van der Waals surface area contributed by atoms with Crippen molar-refractivity contribution in [3.8, 4) is 5.75 Å². The molecule has 2 aromatic rings. The second kappa shape index (κ2) is 9.94. The number of amides is 2. The van der Waals surface area contributed by atoms with Gasteiger partial charge in [-0.05, 0) is 49.8 Å². The monoisotopic (exact) mass is 425 g/mol. The van der Waals surface area contributed by atoms with Gasteiger partial charge >= 0.3 is 0 Å². The highest BCUT2D eigenvalue weighted by molar-refractivity contribution is 5.92. The van der Waals surface area contributed by atoms with Crippen LogP contribution >= 0.6 is 0 Å². The summed E-state index contributed by atoms with van der Waals surface area (Å²) in [6, 6.07) is 8.19. The van der Waals surface area contributed by atoms with Crippen LogP contribution in [0.2, 0.25) is 0 Å². The normalized spacial score (nSPS) is 19.0. The van der Waals surface area contributed by atoms with Crippen LogP contribution in [0.15, 0.2) is 30.5 Å². The van der Waals surface area contributed by atoms with Crippen LogP contribution in [0.4, 0.5) is 0 Å². The molecule has 0 radical (unpaired) electrons. The maximum Gasteiger partial charge on any atom is 0.273 e. The molecule has 1 N–H and O–H groups in total. The van der Waals surface area contributed by atoms with Crippen LogP contribution in [0.25, 0.3) is 0 Å². The molecule has 1 aliphatic heterocycles. The van der Waals surface area contributed by atoms with E-state index in [0.29, 0.717) is 25.1 Å². The first kappa shape index (κ1) is 21.3. The summed E-state index contributed by atoms with van der Waals surface area (Å²) in [7, 11) is 1.65. The minimum absolute atomic E-state index is 0.0933. The van der Waals surface area contributed by atoms with Crippen LogP contribution in [0, 0.1) is 0 Å². The van der Waals surface area contributed by atoms with Crippen molar-refractivity contribution < 1.29 is 14.3 Å². The fourth-order valence-corrected chi connectivity index (χ4v) is 4.58. The number of nitrogens with zero attached hydrogens (tertiary/aromatic N) is 4. The molecule has 2 amide bonds. The third-order valence-corrected chi connectivity index (χ3v) is 6.34. The van der Waals surface area contributed by atoms with E-state index in [1.807, 2.05) is 29.2 Å². The number of rotatable bonds is 8. The summed E-state index contributed by atoms with van der Waals surface area (Å²) in [5.74, 6) is 0.827. The summed E-state index contributed by atoms with van der Waals surface area (Å²) in [6.45, 7) is 1.34. The third-order valence-electron chi connectivity index (χ3n) is 6.34. The number of hydrogen-bond acceptors (Lipinski definition) is 5. The molecule has 2 heterocycles. The molecule has 1 aromatic carbocycles. The Bertz CT molecular complexity index is 889. The quantitative estimate of drug-likeness (QED) is 0.702. The fraction of sp³-hybridized carbons (Fsp3) is 0.565. The molecule has 8 nitrogen and oxygen atoms in total. The van der Waals surface area contributed by atoms with Crippen LogP contribution in [-0.2, 0) is 17.8 Å². The van der Waals surface area contributed by atoms with Crippen LogP contribution in [-0.4, -0.2) is 57.4 Å². The number of carbonyl (C=O) groups excluding carboxylic acids is 2. The van der Waals surface area contributed by atoms with E-state index in [9.17, 15) is 9.59 Å². The SMILES string of the molecule is COc1ccc(CCC(=O)N2CCC[C@H]2Cn2cc(C(=O)NC3CCCC3)nn2)cc1. The molecule has 1 aliphatic carbocycles. The lowest BCUT2D eigenvalue weighted by atomic mass is 10.1. The van der Waals surface area contributed by atoms with Gasteiger partial charge in [-0.25, -0.2) is 4.68 Å². The molecule has 31 heavy (non-hydrogen) atoms. The highest BCUT2D eigenvalue weighted by Gasteiger charge is 2.29. The van der Waals surface area contributed by atoms with E-state index >= 15 is 0 Å². The van der Waals surface area contributed by atoms with Gasteiger partial charge in [-0.1, -0.05) is 30.2 Å². The zero-order valence-electron chi connectivity index (χ0n) is 18.1. The van der Waals surface area contributed by atoms with Gasteiger partial charge in [-0.2, -0.15) is 0 Å². The maximum atomic E-state index is 12.8. The van der Waals surface area contributed by atoms with E-state index in [1.54, 1.807) is 18.0 Å². The molecule has 166 valence electrons. The molecule has 1 aromatic heterocycles. The molecule has 1 atom stereocenters. The molecule has 8 heteroatoms. The zero-order chi connectivity index (χ0) is 21.6. The molecule has 0 spiro atoms. The second-order valence-electron chi connectivity index (χ2n) is 8.51. The Hall–Kier alpha value is -2.90. The number of aromatic nitrogens is 3. The van der Waals surface area contributed by atoms with Crippen molar-refractivity contribution in [3.63, 3.8) is 0 Å². The van der Waals surface area contributed by atoms with Gasteiger partial charge in [-0.15, -0.1) is 5.10 Å². The Labute approximate surface area is 182 Å². The van der Waals surface area contributed by atoms with Crippen molar-refractivity contribution in [2.24, 2.45) is 0 Å². The summed E-state index contributed by atoms with van der Waals surface area (Å²) >= 11 is 0. The lowest BCUT2D eigenvalue weighted by Crippen LogP contribution is -2.38. The number of hydrogen-bond donors (Lipinski definition) is 1. The lowest BCUT2D eigenvalue weighted by Gasteiger charge is -2.24. The highest BCUT2D eigenvalue weighted by atomic mass is 16.5. The Balaban J connectivity index is 1.29. The van der Waals surface area contributed by atoms with Crippen molar-refractivity contribution >= 4 is 11.8 Å². The summed E-state index contributed by atoms with van der Waals surface area (Å²) in [5.41, 5.74) is 1.47. The molecule has 0 bridgehead atoms. The van der Waals surface area contributed by atoms with Gasteiger partial charge in [0.1, 0.15) is 5.75 Å². The van der Waals surface area contributed by atoms with E-state index in [2.05, 4.69) is 15.6 Å². The third kappa shape index (κ3) is 5.42. The molecule has 0 unspecified atom stereocenters. The number of likely N-dealkylation sites (tertiary alicyclic amines) is 1. The van der Waals surface area contributed by atoms with E-state index in [-0.39, 0.29) is 23.9 Å². The van der Waals surface area contributed by atoms with E-state index in [1.165, 1.54) is 12.8 Å². The number of nitrogens with one attached hydrogen (secondary N) is 1. The average Bonchev–Trinajstić information content (AvgIpc) is 3.55. The first-order valence-corrected chi connectivity index (χ1v) is 11.3. The number of carbonyl (C=O) groups is 2. The molecule has 1 saturated heterocycles. The van der Waals surface area contributed by atoms with Gasteiger partial charge in [0.05, 0.1) is 25.9 Å². The predicted octanol–water partition coefficient (Wildman–Crippen LogP) is 2.58. The minimum atomic E-state index is -0.156. The van der Waals surface area contributed by atoms with Crippen molar-refractivity contribution in [1.82, 2.24) is 25.2 Å². The van der Waals surface area contributed by atoms with Crippen LogP contribution in [0.3, 0.4) is 0 Å². The Kier molecular flexibility index (Phi) is 6.84. The molecule has 2 aliphatic rings. The molecular formula is C23H31N5O3. The summed E-state index contributed by atoms with van der Waals surface area (Å²) < 4.78 is 6.88. The Morgan fingerprint density at radius 3 is 2.65 bits per heavy atom. The lowest BCUT2D eigenvalue weighted by molar-refractivity contribution is -0.132. The molecule has 4 rings (SSSR count). The van der Waals surface area contributed by atoms with Crippen LogP contribution in [0.5, 0.6) is 5.75 Å². The van der Waals surface area contributed by atoms with E-state index < -0.39 is 0 Å². The molecular weight excluding hydrogens is 394 g/mol. The van der Waals surface area contributed by atoms with E-state index in [4.69, 9.17) is 4.74 Å². The summed E-state index contributed by atoms with van der Waals surface area (Å²) in [4.78, 5) is 27.2. The highest BCUT2D eigenvalue weighted by Crippen LogP contribution is 2.21. The molecule has 2 fully saturated rings. The standard InChI is InChI=1S/C23H31N5O3/c1-31-20-11-8-17(9-12-20)10-13-22(29)28-14-4-7-19(28)15-27-16-21(25-26-27)23(30)24-18-5-2-3-6-18/h8-9,11-12,16,18-19H,2-7,10,13-15H2,1H3,(H,24,30)/t19-/m0/s1. The Morgan fingerprint density at radius 2 is 1.90 bits per heavy atom. The van der Waals surface area contributed by atoms with Crippen molar-refractivity contribution in [2.45, 2.75) is 70.0 Å². The topological polar surface area (TPSA) is 89.4 Å². The van der Waals surface area contributed by atoms with Crippen LogP contribution in [0.1, 0.15) is 61.0 Å². The Morgan fingerprint density at radius 1 is 1.13 bits per heavy atom. The largest absolute Gasteiger partial charge is 0.497 e. The van der Waals surface area contributed by atoms with Gasteiger partial charge in [0.25, 0.3) is 5.91 Å². The van der Waals surface area contributed by atoms with Gasteiger partial charge in [0.15, 0.2) is 5.69 Å². The van der Waals surface area contributed by atoms with Gasteiger partial charge in [0.2, 0.25) is 5.91 Å². The molecule has 1 saturated carbocycles. The first-order chi connectivity index (χ1) is 15.1. The average molecular weight is 426 g/mol. The fourth-order valence-electron chi connectivity index (χ4n) is 4.58. The smallest absolute Gasteiger partial charge is 0.273 e. The van der Waals surface area contributed by atoms with Crippen LogP contribution < -0.4 is 10.1 Å². The number of aryl methyl sites for hydroxylation is 1. The zero-order valence-corrected chi connectivity index (χ0v) is 18.1. The van der Waals surface area contributed by atoms with Gasteiger partial charge in [-0.3, -0.25) is 9.59 Å². The number of benzene rings is 1. The predicted molar refractivity (Wildman–Crippen MR) is 116 cm³/mol. The van der Waals surface area contributed by atoms with E-state index in [0.717, 1.165) is 43.5 Å². The summed E-state index contributed by atoms with van der Waals surface area (Å²) in [6.07, 6.45) is 9.23. The van der Waals surface area contributed by atoms with Crippen molar-refractivity contribution in [3.05, 3.63) is 41.7 Å². The van der Waals surface area contributed by atoms with Crippen molar-refractivity contribution in [2.75, 3.05) is 13.7 Å². The second-order valence-corrected chi connectivity index (χ2v) is 8.51. The van der Waals surface area contributed by atoms with Gasteiger partial charge < -0.3 is 15.0 Å².